The van der Waals surface area contributed by atoms with Gasteiger partial charge in [0, 0.05) is 18.4 Å². The van der Waals surface area contributed by atoms with Crippen LogP contribution in [0.2, 0.25) is 0 Å². The molecular formula is C23H40N2O2. The fourth-order valence-corrected chi connectivity index (χ4v) is 6.29. The Hall–Kier alpha value is -0.450. The smallest absolute Gasteiger partial charge is 0.138 e. The van der Waals surface area contributed by atoms with Gasteiger partial charge in [-0.25, -0.2) is 0 Å². The summed E-state index contributed by atoms with van der Waals surface area (Å²) in [4.78, 5) is 15.6. The van der Waals surface area contributed by atoms with E-state index in [9.17, 15) is 4.79 Å². The van der Waals surface area contributed by atoms with Crippen molar-refractivity contribution in [1.82, 2.24) is 10.2 Å². The Morgan fingerprint density at radius 3 is 2.81 bits per heavy atom. The number of hydrogen-bond donors (Lipinski definition) is 1. The van der Waals surface area contributed by atoms with Crippen molar-refractivity contribution in [1.29, 1.82) is 0 Å². The van der Waals surface area contributed by atoms with Crippen LogP contribution >= 0.6 is 0 Å². The van der Waals surface area contributed by atoms with Gasteiger partial charge in [-0.05, 0) is 95.8 Å². The van der Waals surface area contributed by atoms with E-state index in [2.05, 4.69) is 10.2 Å². The molecule has 2 saturated carbocycles. The number of nitrogens with one attached hydrogen (secondary N) is 1. The molecule has 2 saturated heterocycles. The van der Waals surface area contributed by atoms with E-state index in [4.69, 9.17) is 4.74 Å². The van der Waals surface area contributed by atoms with Gasteiger partial charge in [0.1, 0.15) is 5.78 Å². The average Bonchev–Trinajstić information content (AvgIpc) is 3.12. The largest absolute Gasteiger partial charge is 0.376 e. The molecule has 4 aliphatic rings. The number of hydrogen-bond acceptors (Lipinski definition) is 4. The van der Waals surface area contributed by atoms with E-state index in [0.717, 1.165) is 38.3 Å². The van der Waals surface area contributed by atoms with Crippen molar-refractivity contribution in [3.05, 3.63) is 0 Å². The van der Waals surface area contributed by atoms with Crippen molar-refractivity contribution in [2.75, 3.05) is 32.8 Å². The minimum atomic E-state index is 0.185. The lowest BCUT2D eigenvalue weighted by Gasteiger charge is -2.40. The number of ether oxygens (including phenoxy) is 1. The van der Waals surface area contributed by atoms with E-state index in [0.29, 0.717) is 17.7 Å². The second-order valence-electron chi connectivity index (χ2n) is 9.65. The van der Waals surface area contributed by atoms with Crippen LogP contribution in [-0.2, 0) is 9.53 Å². The van der Waals surface area contributed by atoms with E-state index < -0.39 is 0 Å². The number of nitrogens with zero attached hydrogens (tertiary/aromatic N) is 1. The van der Waals surface area contributed by atoms with Gasteiger partial charge < -0.3 is 10.1 Å². The standard InChI is InChI=1S/C23H40N2O2/c26-21-10-5-11-22-23(21)19-8-4-7-18(15-19)16-24-12-2-1-3-13-25-14-6-9-20(25)17-27-22/h18-20,22-24H,1-17H2. The average molecular weight is 377 g/mol. The zero-order chi connectivity index (χ0) is 18.5. The molecule has 27 heavy (non-hydrogen) atoms. The van der Waals surface area contributed by atoms with E-state index >= 15 is 0 Å². The van der Waals surface area contributed by atoms with Gasteiger partial charge in [0.15, 0.2) is 0 Å². The van der Waals surface area contributed by atoms with Gasteiger partial charge in [0.2, 0.25) is 0 Å². The predicted molar refractivity (Wildman–Crippen MR) is 109 cm³/mol. The topological polar surface area (TPSA) is 41.6 Å². The highest BCUT2D eigenvalue weighted by atomic mass is 16.5. The molecule has 2 aliphatic heterocycles. The lowest BCUT2D eigenvalue weighted by Crippen LogP contribution is -2.44. The maximum atomic E-state index is 12.9. The molecule has 4 rings (SSSR count). The van der Waals surface area contributed by atoms with Gasteiger partial charge in [-0.1, -0.05) is 12.8 Å². The molecule has 0 aromatic rings. The third-order valence-corrected chi connectivity index (χ3v) is 7.75. The summed E-state index contributed by atoms with van der Waals surface area (Å²) in [6.07, 6.45) is 14.8. The van der Waals surface area contributed by atoms with E-state index in [1.165, 1.54) is 77.4 Å². The number of Topliss-reactive ketones (excluding diaryl/α,β-unsaturated/α-hetero) is 1. The minimum Gasteiger partial charge on any atom is -0.376 e. The van der Waals surface area contributed by atoms with Gasteiger partial charge in [-0.3, -0.25) is 9.69 Å². The molecule has 0 aromatic carbocycles. The van der Waals surface area contributed by atoms with Crippen LogP contribution < -0.4 is 5.32 Å². The molecule has 5 atom stereocenters. The molecule has 0 radical (unpaired) electrons. The van der Waals surface area contributed by atoms with Crippen molar-refractivity contribution in [2.45, 2.75) is 89.2 Å². The lowest BCUT2D eigenvalue weighted by molar-refractivity contribution is -0.138. The van der Waals surface area contributed by atoms with Gasteiger partial charge in [-0.15, -0.1) is 0 Å². The van der Waals surface area contributed by atoms with Crippen molar-refractivity contribution in [3.8, 4) is 0 Å². The summed E-state index contributed by atoms with van der Waals surface area (Å²) in [5, 5.41) is 3.72. The molecule has 0 amide bonds. The summed E-state index contributed by atoms with van der Waals surface area (Å²) in [6.45, 7) is 5.64. The normalized spacial score (nSPS) is 40.3. The summed E-state index contributed by atoms with van der Waals surface area (Å²) in [6, 6.07) is 0.591. The maximum Gasteiger partial charge on any atom is 0.138 e. The Labute approximate surface area is 165 Å². The molecule has 2 bridgehead atoms. The third-order valence-electron chi connectivity index (χ3n) is 7.75. The molecule has 154 valence electrons. The molecule has 4 fully saturated rings. The third kappa shape index (κ3) is 5.13. The van der Waals surface area contributed by atoms with Crippen molar-refractivity contribution in [2.24, 2.45) is 17.8 Å². The van der Waals surface area contributed by atoms with Gasteiger partial charge >= 0.3 is 0 Å². The van der Waals surface area contributed by atoms with Crippen molar-refractivity contribution < 1.29 is 9.53 Å². The molecule has 2 heterocycles. The Bertz CT molecular complexity index is 483. The first-order chi connectivity index (χ1) is 13.3. The second kappa shape index (κ2) is 9.84. The summed E-state index contributed by atoms with van der Waals surface area (Å²) < 4.78 is 6.54. The highest BCUT2D eigenvalue weighted by molar-refractivity contribution is 5.82. The molecular weight excluding hydrogens is 336 g/mol. The number of rotatable bonds is 0. The fraction of sp³-hybridized carbons (Fsp3) is 0.957. The van der Waals surface area contributed by atoms with Crippen molar-refractivity contribution in [3.63, 3.8) is 0 Å². The van der Waals surface area contributed by atoms with Crippen LogP contribution in [0.1, 0.15) is 77.0 Å². The van der Waals surface area contributed by atoms with Crippen LogP contribution in [0.3, 0.4) is 0 Å². The Balaban J connectivity index is 1.45. The molecule has 4 heteroatoms. The van der Waals surface area contributed by atoms with Crippen LogP contribution in [0.4, 0.5) is 0 Å². The first kappa shape index (κ1) is 19.8. The molecule has 1 N–H and O–H groups in total. The first-order valence-electron chi connectivity index (χ1n) is 11.9. The molecule has 2 aliphatic carbocycles. The predicted octanol–water partition coefficient (Wildman–Crippen LogP) is 3.79. The zero-order valence-corrected chi connectivity index (χ0v) is 17.2. The van der Waals surface area contributed by atoms with Crippen LogP contribution in [0.25, 0.3) is 0 Å². The van der Waals surface area contributed by atoms with Gasteiger partial charge in [0.05, 0.1) is 12.7 Å². The number of carbonyl (C=O) groups excluding carboxylic acids is 1. The number of carbonyl (C=O) groups is 1. The highest BCUT2D eigenvalue weighted by Crippen LogP contribution is 2.40. The van der Waals surface area contributed by atoms with Crippen LogP contribution in [-0.4, -0.2) is 55.6 Å². The second-order valence-corrected chi connectivity index (χ2v) is 9.65. The maximum absolute atomic E-state index is 12.9. The van der Waals surface area contributed by atoms with E-state index in [1.807, 2.05) is 0 Å². The van der Waals surface area contributed by atoms with Crippen LogP contribution in [0, 0.1) is 17.8 Å². The zero-order valence-electron chi connectivity index (χ0n) is 17.2. The quantitative estimate of drug-likeness (QED) is 0.698. The number of ketones is 1. The van der Waals surface area contributed by atoms with Crippen molar-refractivity contribution >= 4 is 5.78 Å². The van der Waals surface area contributed by atoms with Crippen LogP contribution in [0.5, 0.6) is 0 Å². The first-order valence-corrected chi connectivity index (χ1v) is 11.9. The van der Waals surface area contributed by atoms with E-state index in [-0.39, 0.29) is 12.0 Å². The Morgan fingerprint density at radius 2 is 1.85 bits per heavy atom. The SMILES string of the molecule is O=C1CCCC2OCC3CCCN3CCCCCNCC3CCCC(C3)C12. The summed E-state index contributed by atoms with van der Waals surface area (Å²) >= 11 is 0. The Kier molecular flexibility index (Phi) is 7.24. The number of fused-ring (bicyclic) bond motifs is 5. The molecule has 4 nitrogen and oxygen atoms in total. The molecule has 5 unspecified atom stereocenters. The van der Waals surface area contributed by atoms with Gasteiger partial charge in [-0.2, -0.15) is 0 Å². The fourth-order valence-electron chi connectivity index (χ4n) is 6.29. The monoisotopic (exact) mass is 376 g/mol. The van der Waals surface area contributed by atoms with Crippen LogP contribution in [0.15, 0.2) is 0 Å². The summed E-state index contributed by atoms with van der Waals surface area (Å²) in [5.74, 6) is 2.02. The summed E-state index contributed by atoms with van der Waals surface area (Å²) in [5.41, 5.74) is 0. The van der Waals surface area contributed by atoms with Gasteiger partial charge in [0.25, 0.3) is 0 Å². The molecule has 0 spiro atoms. The lowest BCUT2D eigenvalue weighted by atomic mass is 9.68. The molecule has 0 aromatic heterocycles. The summed E-state index contributed by atoms with van der Waals surface area (Å²) in [7, 11) is 0. The minimum absolute atomic E-state index is 0.185. The highest BCUT2D eigenvalue weighted by Gasteiger charge is 2.40. The Morgan fingerprint density at radius 1 is 0.926 bits per heavy atom. The van der Waals surface area contributed by atoms with E-state index in [1.54, 1.807) is 0 Å².